The van der Waals surface area contributed by atoms with Gasteiger partial charge in [0, 0.05) is 18.7 Å². The highest BCUT2D eigenvalue weighted by atomic mass is 19.1. The summed E-state index contributed by atoms with van der Waals surface area (Å²) < 4.78 is 43.0. The molecule has 1 aliphatic rings. The Hall–Kier alpha value is -3.69. The molecule has 2 heterocycles. The number of halogens is 2. The molecule has 0 aliphatic carbocycles. The molecule has 3 aromatic rings. The Labute approximate surface area is 176 Å². The topological polar surface area (TPSA) is 89.7 Å². The lowest BCUT2D eigenvalue weighted by atomic mass is 10.2. The molecule has 1 saturated heterocycles. The Morgan fingerprint density at radius 3 is 2.77 bits per heavy atom. The molecule has 1 atom stereocenters. The van der Waals surface area contributed by atoms with Crippen molar-refractivity contribution in [1.29, 1.82) is 0 Å². The quantitative estimate of drug-likeness (QED) is 0.645. The number of ether oxygens (including phenoxy) is 2. The maximum Gasteiger partial charge on any atom is 0.322 e. The molecule has 0 radical (unpaired) electrons. The van der Waals surface area contributed by atoms with Gasteiger partial charge >= 0.3 is 6.03 Å². The Balaban J connectivity index is 1.55. The summed E-state index contributed by atoms with van der Waals surface area (Å²) in [6.45, 7) is 0.478. The second kappa shape index (κ2) is 8.58. The van der Waals surface area contributed by atoms with Gasteiger partial charge in [0.1, 0.15) is 29.2 Å². The number of carbonyl (C=O) groups excluding carboxylic acids is 1. The number of carbonyl (C=O) groups is 1. The predicted molar refractivity (Wildman–Crippen MR) is 107 cm³/mol. The van der Waals surface area contributed by atoms with E-state index < -0.39 is 17.7 Å². The second-order valence-electron chi connectivity index (χ2n) is 6.93. The number of methoxy groups -OCH3 is 2. The van der Waals surface area contributed by atoms with Gasteiger partial charge < -0.3 is 24.2 Å². The molecule has 8 nitrogen and oxygen atoms in total. The average Bonchev–Trinajstić information content (AvgIpc) is 3.43. The number of rotatable bonds is 5. The van der Waals surface area contributed by atoms with E-state index in [0.29, 0.717) is 30.2 Å². The molecule has 1 aromatic heterocycles. The van der Waals surface area contributed by atoms with E-state index in [4.69, 9.17) is 14.0 Å². The zero-order valence-electron chi connectivity index (χ0n) is 16.9. The molecule has 2 aromatic carbocycles. The van der Waals surface area contributed by atoms with E-state index in [1.165, 1.54) is 20.3 Å². The van der Waals surface area contributed by atoms with E-state index in [-0.39, 0.29) is 23.3 Å². The zero-order chi connectivity index (χ0) is 22.0. The highest BCUT2D eigenvalue weighted by Gasteiger charge is 2.34. The molecule has 2 amide bonds. The van der Waals surface area contributed by atoms with Crippen molar-refractivity contribution in [2.24, 2.45) is 0 Å². The zero-order valence-corrected chi connectivity index (χ0v) is 16.9. The summed E-state index contributed by atoms with van der Waals surface area (Å²) in [5.74, 6) is -0.262. The van der Waals surface area contributed by atoms with Crippen molar-refractivity contribution in [3.05, 3.63) is 53.9 Å². The molecule has 0 saturated carbocycles. The molecule has 1 fully saturated rings. The monoisotopic (exact) mass is 430 g/mol. The van der Waals surface area contributed by atoms with Crippen molar-refractivity contribution in [3.63, 3.8) is 0 Å². The van der Waals surface area contributed by atoms with Crippen molar-refractivity contribution in [2.45, 2.75) is 18.9 Å². The first-order chi connectivity index (χ1) is 15.0. The Kier molecular flexibility index (Phi) is 5.70. The van der Waals surface area contributed by atoms with E-state index >= 15 is 0 Å². The fourth-order valence-electron chi connectivity index (χ4n) is 3.52. The van der Waals surface area contributed by atoms with Crippen molar-refractivity contribution in [2.75, 3.05) is 26.1 Å². The van der Waals surface area contributed by atoms with Crippen molar-refractivity contribution < 1.29 is 27.6 Å². The van der Waals surface area contributed by atoms with Crippen LogP contribution in [0.25, 0.3) is 11.4 Å². The van der Waals surface area contributed by atoms with Gasteiger partial charge in [-0.3, -0.25) is 0 Å². The molecule has 4 rings (SSSR count). The molecule has 0 bridgehead atoms. The third kappa shape index (κ3) is 4.14. The first kappa shape index (κ1) is 20.6. The highest BCUT2D eigenvalue weighted by Crippen LogP contribution is 2.34. The second-order valence-corrected chi connectivity index (χ2v) is 6.93. The normalized spacial score (nSPS) is 15.7. The molecule has 31 heavy (non-hydrogen) atoms. The summed E-state index contributed by atoms with van der Waals surface area (Å²) in [6, 6.07) is 7.34. The van der Waals surface area contributed by atoms with Gasteiger partial charge in [-0.25, -0.2) is 13.6 Å². The number of benzene rings is 2. The number of hydrogen-bond donors (Lipinski definition) is 1. The van der Waals surface area contributed by atoms with E-state index in [9.17, 15) is 13.6 Å². The fraction of sp³-hybridized carbons (Fsp3) is 0.286. The van der Waals surface area contributed by atoms with Crippen molar-refractivity contribution >= 4 is 11.7 Å². The summed E-state index contributed by atoms with van der Waals surface area (Å²) in [7, 11) is 3.03. The first-order valence-corrected chi connectivity index (χ1v) is 9.59. The lowest BCUT2D eigenvalue weighted by molar-refractivity contribution is 0.193. The predicted octanol–water partition coefficient (Wildman–Crippen LogP) is 4.40. The van der Waals surface area contributed by atoms with Gasteiger partial charge in [-0.05, 0) is 37.1 Å². The van der Waals surface area contributed by atoms with Crippen LogP contribution in [0.5, 0.6) is 11.5 Å². The number of nitrogens with one attached hydrogen (secondary N) is 1. The van der Waals surface area contributed by atoms with Crippen molar-refractivity contribution in [1.82, 2.24) is 15.0 Å². The molecule has 10 heteroatoms. The molecule has 1 unspecified atom stereocenters. The molecular formula is C21H20F2N4O4. The minimum Gasteiger partial charge on any atom is -0.497 e. The third-order valence-electron chi connectivity index (χ3n) is 5.06. The lowest BCUT2D eigenvalue weighted by Gasteiger charge is -2.23. The maximum absolute atomic E-state index is 14.0. The number of urea groups is 1. The average molecular weight is 430 g/mol. The van der Waals surface area contributed by atoms with Gasteiger partial charge in [0.05, 0.1) is 25.5 Å². The van der Waals surface area contributed by atoms with Gasteiger partial charge in [-0.1, -0.05) is 5.16 Å². The van der Waals surface area contributed by atoms with Crippen LogP contribution in [0.4, 0.5) is 19.3 Å². The maximum atomic E-state index is 14.0. The van der Waals surface area contributed by atoms with Crippen LogP contribution in [0.2, 0.25) is 0 Å². The largest absolute Gasteiger partial charge is 0.497 e. The number of hydrogen-bond acceptors (Lipinski definition) is 6. The van der Waals surface area contributed by atoms with Crippen LogP contribution in [0.15, 0.2) is 40.9 Å². The molecule has 162 valence electrons. The lowest BCUT2D eigenvalue weighted by Crippen LogP contribution is -2.34. The number of aromatic nitrogens is 2. The van der Waals surface area contributed by atoms with Crippen LogP contribution in [0.3, 0.4) is 0 Å². The first-order valence-electron chi connectivity index (χ1n) is 9.59. The third-order valence-corrected chi connectivity index (χ3v) is 5.06. The fourth-order valence-corrected chi connectivity index (χ4v) is 3.52. The highest BCUT2D eigenvalue weighted by molar-refractivity contribution is 5.91. The Bertz CT molecular complexity index is 1100. The van der Waals surface area contributed by atoms with Gasteiger partial charge in [0.25, 0.3) is 0 Å². The standard InChI is InChI=1S/C21H20F2N4O4/c1-29-13-6-8-18(30-2)16(11-13)24-21(28)27-9-3-4-17(27)20-25-19(26-31-20)14-7-5-12(22)10-15(14)23/h5-8,10-11,17H,3-4,9H2,1-2H3,(H,24,28). The number of likely N-dealkylation sites (tertiary alicyclic amines) is 1. The van der Waals surface area contributed by atoms with E-state index in [1.807, 2.05) is 0 Å². The summed E-state index contributed by atoms with van der Waals surface area (Å²) in [5.41, 5.74) is 0.476. The van der Waals surface area contributed by atoms with E-state index in [1.54, 1.807) is 23.1 Å². The minimum absolute atomic E-state index is 0.00535. The van der Waals surface area contributed by atoms with Crippen LogP contribution >= 0.6 is 0 Å². The molecule has 1 N–H and O–H groups in total. The summed E-state index contributed by atoms with van der Waals surface area (Å²) in [4.78, 5) is 18.8. The molecule has 1 aliphatic heterocycles. The minimum atomic E-state index is -0.793. The number of nitrogens with zero attached hydrogens (tertiary/aromatic N) is 3. The van der Waals surface area contributed by atoms with Crippen LogP contribution < -0.4 is 14.8 Å². The van der Waals surface area contributed by atoms with Crippen molar-refractivity contribution in [3.8, 4) is 22.9 Å². The van der Waals surface area contributed by atoms with Crippen LogP contribution in [0.1, 0.15) is 24.8 Å². The Morgan fingerprint density at radius 2 is 2.03 bits per heavy atom. The van der Waals surface area contributed by atoms with Crippen LogP contribution in [-0.4, -0.2) is 41.8 Å². The van der Waals surface area contributed by atoms with E-state index in [2.05, 4.69) is 15.5 Å². The van der Waals surface area contributed by atoms with Gasteiger partial charge in [0.2, 0.25) is 11.7 Å². The van der Waals surface area contributed by atoms with E-state index in [0.717, 1.165) is 18.6 Å². The number of amides is 2. The molecular weight excluding hydrogens is 410 g/mol. The van der Waals surface area contributed by atoms with Gasteiger partial charge in [-0.2, -0.15) is 4.98 Å². The van der Waals surface area contributed by atoms with Gasteiger partial charge in [-0.15, -0.1) is 0 Å². The van der Waals surface area contributed by atoms with Crippen LogP contribution in [-0.2, 0) is 0 Å². The number of anilines is 1. The summed E-state index contributed by atoms with van der Waals surface area (Å²) >= 11 is 0. The summed E-state index contributed by atoms with van der Waals surface area (Å²) in [6.07, 6.45) is 1.34. The van der Waals surface area contributed by atoms with Crippen LogP contribution in [0, 0.1) is 11.6 Å². The Morgan fingerprint density at radius 1 is 1.19 bits per heavy atom. The SMILES string of the molecule is COc1ccc(OC)c(NC(=O)N2CCCC2c2nc(-c3ccc(F)cc3F)no2)c1. The summed E-state index contributed by atoms with van der Waals surface area (Å²) in [5, 5.41) is 6.63. The molecule has 0 spiro atoms. The van der Waals surface area contributed by atoms with Gasteiger partial charge in [0.15, 0.2) is 0 Å². The smallest absolute Gasteiger partial charge is 0.322 e.